The summed E-state index contributed by atoms with van der Waals surface area (Å²) in [4.78, 5) is 32.3. The Morgan fingerprint density at radius 1 is 1.37 bits per heavy atom. The number of urea groups is 1. The molecule has 5 rings (SSSR count). The Hall–Kier alpha value is -2.29. The fourth-order valence-electron chi connectivity index (χ4n) is 4.26. The number of aryl methyl sites for hydroxylation is 1. The molecule has 3 N–H and O–H groups in total. The molecule has 0 aliphatic carbocycles. The summed E-state index contributed by atoms with van der Waals surface area (Å²) in [5, 5.41) is 10.4. The topological polar surface area (TPSA) is 86.4 Å². The van der Waals surface area contributed by atoms with Crippen molar-refractivity contribution in [2.24, 2.45) is 0 Å². The first-order valence-corrected chi connectivity index (χ1v) is 11.3. The van der Waals surface area contributed by atoms with Crippen LogP contribution >= 0.6 is 23.4 Å². The van der Waals surface area contributed by atoms with Gasteiger partial charge in [0.15, 0.2) is 0 Å². The molecular formula is C21H22ClN5O2S. The van der Waals surface area contributed by atoms with Crippen LogP contribution in [0.5, 0.6) is 0 Å². The Balaban J connectivity index is 1.46. The fourth-order valence-corrected chi connectivity index (χ4v) is 5.67. The minimum Gasteiger partial charge on any atom is -0.351 e. The third-order valence-electron chi connectivity index (χ3n) is 5.82. The normalized spacial score (nSPS) is 24.9. The van der Waals surface area contributed by atoms with E-state index in [1.807, 2.05) is 25.1 Å². The lowest BCUT2D eigenvalue weighted by molar-refractivity contribution is -0.121. The number of nitrogens with zero attached hydrogens (tertiary/aromatic N) is 2. The van der Waals surface area contributed by atoms with Crippen molar-refractivity contribution in [2.75, 3.05) is 18.0 Å². The smallest absolute Gasteiger partial charge is 0.327 e. The molecule has 1 fully saturated rings. The van der Waals surface area contributed by atoms with E-state index in [2.05, 4.69) is 20.9 Å². The molecule has 1 saturated heterocycles. The average molecular weight is 444 g/mol. The molecule has 1 aromatic heterocycles. The lowest BCUT2D eigenvalue weighted by Crippen LogP contribution is -2.52. The molecule has 2 unspecified atom stereocenters. The zero-order chi connectivity index (χ0) is 20.8. The number of rotatable bonds is 3. The Bertz CT molecular complexity index is 1030. The first kappa shape index (κ1) is 19.7. The number of thioether (sulfide) groups is 1. The van der Waals surface area contributed by atoms with Crippen molar-refractivity contribution in [3.63, 3.8) is 0 Å². The predicted molar refractivity (Wildman–Crippen MR) is 118 cm³/mol. The first-order chi connectivity index (χ1) is 14.5. The number of halogens is 1. The second kappa shape index (κ2) is 7.76. The molecule has 3 atom stereocenters. The molecule has 0 radical (unpaired) electrons. The van der Waals surface area contributed by atoms with Gasteiger partial charge in [0.05, 0.1) is 17.4 Å². The van der Waals surface area contributed by atoms with Crippen molar-refractivity contribution in [1.82, 2.24) is 20.9 Å². The van der Waals surface area contributed by atoms with Gasteiger partial charge in [0.1, 0.15) is 10.3 Å². The summed E-state index contributed by atoms with van der Waals surface area (Å²) in [5.74, 6) is -0.0604. The van der Waals surface area contributed by atoms with Crippen LogP contribution in [0.3, 0.4) is 0 Å². The highest BCUT2D eigenvalue weighted by molar-refractivity contribution is 8.01. The van der Waals surface area contributed by atoms with Crippen LogP contribution in [0, 0.1) is 6.92 Å². The van der Waals surface area contributed by atoms with E-state index in [1.54, 1.807) is 17.2 Å². The third kappa shape index (κ3) is 3.33. The van der Waals surface area contributed by atoms with Crippen molar-refractivity contribution in [2.45, 2.75) is 42.1 Å². The van der Waals surface area contributed by atoms with E-state index >= 15 is 0 Å². The molecule has 3 amide bonds. The minimum absolute atomic E-state index is 0.0604. The van der Waals surface area contributed by atoms with Gasteiger partial charge in [0.2, 0.25) is 5.91 Å². The van der Waals surface area contributed by atoms with Crippen LogP contribution < -0.4 is 20.9 Å². The summed E-state index contributed by atoms with van der Waals surface area (Å²) < 4.78 is 0. The highest BCUT2D eigenvalue weighted by atomic mass is 35.5. The van der Waals surface area contributed by atoms with Crippen molar-refractivity contribution in [3.05, 3.63) is 46.6 Å². The minimum atomic E-state index is -0.441. The fraction of sp³-hybridized carbons (Fsp3) is 0.381. The van der Waals surface area contributed by atoms with Crippen LogP contribution in [0.25, 0.3) is 0 Å². The van der Waals surface area contributed by atoms with Crippen LogP contribution in [-0.4, -0.2) is 41.3 Å². The van der Waals surface area contributed by atoms with Crippen LogP contribution in [0.15, 0.2) is 35.5 Å². The van der Waals surface area contributed by atoms with Gasteiger partial charge >= 0.3 is 6.03 Å². The number of benzene rings is 1. The number of hydrogen-bond donors (Lipinski definition) is 3. The Morgan fingerprint density at radius 2 is 2.23 bits per heavy atom. The molecule has 9 heteroatoms. The summed E-state index contributed by atoms with van der Waals surface area (Å²) in [6, 6.07) is 6.81. The van der Waals surface area contributed by atoms with E-state index in [4.69, 9.17) is 11.6 Å². The molecule has 1 aromatic carbocycles. The molecule has 3 aliphatic rings. The summed E-state index contributed by atoms with van der Waals surface area (Å²) in [6.07, 6.45) is 3.69. The van der Waals surface area contributed by atoms with Gasteiger partial charge in [-0.2, -0.15) is 0 Å². The molecule has 3 aliphatic heterocycles. The second-order valence-corrected chi connectivity index (χ2v) is 9.37. The number of pyridine rings is 1. The maximum absolute atomic E-state index is 13.1. The lowest BCUT2D eigenvalue weighted by atomic mass is 9.99. The zero-order valence-corrected chi connectivity index (χ0v) is 18.0. The molecule has 156 valence electrons. The van der Waals surface area contributed by atoms with E-state index in [9.17, 15) is 9.59 Å². The molecule has 0 saturated carbocycles. The summed E-state index contributed by atoms with van der Waals surface area (Å²) in [5.41, 5.74) is 3.26. The van der Waals surface area contributed by atoms with Crippen molar-refractivity contribution >= 4 is 46.7 Å². The molecule has 0 spiro atoms. The quantitative estimate of drug-likeness (QED) is 0.677. The van der Waals surface area contributed by atoms with E-state index in [0.29, 0.717) is 10.7 Å². The van der Waals surface area contributed by atoms with Crippen LogP contribution in [0.4, 0.5) is 16.2 Å². The largest absolute Gasteiger partial charge is 0.351 e. The monoisotopic (exact) mass is 443 g/mol. The number of aromatic nitrogens is 1. The maximum atomic E-state index is 13.1. The number of anilines is 2. The summed E-state index contributed by atoms with van der Waals surface area (Å²) in [7, 11) is 0. The van der Waals surface area contributed by atoms with E-state index in [-0.39, 0.29) is 18.0 Å². The highest BCUT2D eigenvalue weighted by Gasteiger charge is 2.46. The number of piperidine rings is 1. The number of hydrogen-bond acceptors (Lipinski definition) is 5. The van der Waals surface area contributed by atoms with Crippen LogP contribution in [-0.2, 0) is 4.79 Å². The summed E-state index contributed by atoms with van der Waals surface area (Å²) in [6.45, 7) is 3.68. The van der Waals surface area contributed by atoms with Gasteiger partial charge in [-0.1, -0.05) is 29.4 Å². The molecule has 0 bridgehead atoms. The predicted octanol–water partition coefficient (Wildman–Crippen LogP) is 3.29. The van der Waals surface area contributed by atoms with Crippen LogP contribution in [0.1, 0.15) is 30.0 Å². The number of nitrogens with one attached hydrogen (secondary N) is 3. The van der Waals surface area contributed by atoms with Gasteiger partial charge in [-0.25, -0.2) is 9.78 Å². The second-order valence-electron chi connectivity index (χ2n) is 7.84. The van der Waals surface area contributed by atoms with E-state index in [0.717, 1.165) is 47.8 Å². The Kier molecular flexibility index (Phi) is 5.08. The highest BCUT2D eigenvalue weighted by Crippen LogP contribution is 2.50. The lowest BCUT2D eigenvalue weighted by Gasteiger charge is -2.34. The van der Waals surface area contributed by atoms with Crippen LogP contribution in [0.2, 0.25) is 5.02 Å². The Labute approximate surface area is 183 Å². The number of amides is 3. The molecular weight excluding hydrogens is 422 g/mol. The van der Waals surface area contributed by atoms with Crippen molar-refractivity contribution in [1.29, 1.82) is 0 Å². The zero-order valence-electron chi connectivity index (χ0n) is 16.4. The molecule has 7 nitrogen and oxygen atoms in total. The van der Waals surface area contributed by atoms with E-state index in [1.165, 1.54) is 11.8 Å². The number of carbonyl (C=O) groups excluding carboxylic acids is 2. The summed E-state index contributed by atoms with van der Waals surface area (Å²) >= 11 is 7.72. The van der Waals surface area contributed by atoms with Crippen molar-refractivity contribution < 1.29 is 9.59 Å². The SMILES string of the molecule is Cc1ccc(N2C(=O)NC3c4c2ccnc4S[C@H]3C(=O)NC2CCCNC2)cc1Cl. The van der Waals surface area contributed by atoms with Gasteiger partial charge in [0, 0.05) is 29.4 Å². The molecule has 2 aromatic rings. The molecule has 4 heterocycles. The van der Waals surface area contributed by atoms with Gasteiger partial charge in [-0.15, -0.1) is 0 Å². The Morgan fingerprint density at radius 3 is 3.00 bits per heavy atom. The standard InChI is InChI=1S/C21H22ClN5O2S/c1-11-4-5-13(9-14(11)22)27-15-6-8-24-20-16(15)17(26-21(27)29)18(30-20)19(28)25-12-3-2-7-23-10-12/h4-6,8-9,12,17-18,23H,2-3,7,10H2,1H3,(H,25,28)(H,26,29)/t12?,17?,18-/m1/s1. The van der Waals surface area contributed by atoms with Gasteiger partial charge in [0.25, 0.3) is 0 Å². The van der Waals surface area contributed by atoms with Gasteiger partial charge in [-0.05, 0) is 50.1 Å². The third-order valence-corrected chi connectivity index (χ3v) is 7.52. The van der Waals surface area contributed by atoms with E-state index < -0.39 is 11.3 Å². The first-order valence-electron chi connectivity index (χ1n) is 10.1. The van der Waals surface area contributed by atoms with Gasteiger partial charge < -0.3 is 16.0 Å². The van der Waals surface area contributed by atoms with Crippen molar-refractivity contribution in [3.8, 4) is 0 Å². The average Bonchev–Trinajstić information content (AvgIpc) is 3.11. The number of carbonyl (C=O) groups is 2. The van der Waals surface area contributed by atoms with Gasteiger partial charge in [-0.3, -0.25) is 9.69 Å². The molecule has 30 heavy (non-hydrogen) atoms. The maximum Gasteiger partial charge on any atom is 0.327 e.